The van der Waals surface area contributed by atoms with E-state index in [0.717, 1.165) is 22.4 Å². The van der Waals surface area contributed by atoms with Crippen molar-refractivity contribution in [1.82, 2.24) is 4.90 Å². The van der Waals surface area contributed by atoms with E-state index in [1.165, 1.54) is 0 Å². The first-order chi connectivity index (χ1) is 12.7. The Bertz CT molecular complexity index is 845. The van der Waals surface area contributed by atoms with Crippen LogP contribution in [0.1, 0.15) is 16.7 Å². The summed E-state index contributed by atoms with van der Waals surface area (Å²) in [6.45, 7) is 6.07. The minimum Gasteiger partial charge on any atom is -0.324 e. The predicted octanol–water partition coefficient (Wildman–Crippen LogP) is 4.43. The second kappa shape index (κ2) is 9.22. The first kappa shape index (κ1) is 21.2. The number of anilines is 2. The zero-order chi connectivity index (χ0) is 20.1. The van der Waals surface area contributed by atoms with Crippen LogP contribution in [0.15, 0.2) is 30.3 Å². The molecule has 2 aromatic rings. The van der Waals surface area contributed by atoms with Gasteiger partial charge in [-0.3, -0.25) is 14.5 Å². The number of hydrogen-bond donors (Lipinski definition) is 2. The molecule has 0 unspecified atom stereocenters. The molecule has 0 saturated heterocycles. The molecule has 0 aliphatic carbocycles. The van der Waals surface area contributed by atoms with Crippen LogP contribution in [0.2, 0.25) is 10.0 Å². The molecule has 7 heteroatoms. The van der Waals surface area contributed by atoms with E-state index < -0.39 is 0 Å². The number of rotatable bonds is 6. The third-order valence-electron chi connectivity index (χ3n) is 3.97. The average molecular weight is 408 g/mol. The summed E-state index contributed by atoms with van der Waals surface area (Å²) in [4.78, 5) is 26.1. The molecular formula is C20H23Cl2N3O2. The molecule has 0 spiro atoms. The molecule has 27 heavy (non-hydrogen) atoms. The molecule has 5 nitrogen and oxygen atoms in total. The molecule has 0 fully saturated rings. The summed E-state index contributed by atoms with van der Waals surface area (Å²) >= 11 is 12.0. The van der Waals surface area contributed by atoms with Gasteiger partial charge in [-0.1, -0.05) is 40.9 Å². The fraction of sp³-hybridized carbons (Fsp3) is 0.300. The highest BCUT2D eigenvalue weighted by molar-refractivity contribution is 6.35. The number of carbonyl (C=O) groups excluding carboxylic acids is 2. The summed E-state index contributed by atoms with van der Waals surface area (Å²) in [5, 5.41) is 6.51. The Morgan fingerprint density at radius 1 is 0.926 bits per heavy atom. The highest BCUT2D eigenvalue weighted by atomic mass is 35.5. The molecule has 0 aliphatic rings. The van der Waals surface area contributed by atoms with Crippen LogP contribution < -0.4 is 10.6 Å². The third-order valence-corrected chi connectivity index (χ3v) is 4.54. The van der Waals surface area contributed by atoms with Crippen molar-refractivity contribution in [3.8, 4) is 0 Å². The van der Waals surface area contributed by atoms with Crippen LogP contribution in [0.5, 0.6) is 0 Å². The van der Waals surface area contributed by atoms with Gasteiger partial charge in [0.15, 0.2) is 0 Å². The Morgan fingerprint density at radius 3 is 2.07 bits per heavy atom. The van der Waals surface area contributed by atoms with Gasteiger partial charge in [0.1, 0.15) is 0 Å². The van der Waals surface area contributed by atoms with Gasteiger partial charge in [0.05, 0.1) is 23.8 Å². The number of halogens is 2. The van der Waals surface area contributed by atoms with E-state index in [-0.39, 0.29) is 24.9 Å². The minimum absolute atomic E-state index is 0.0438. The quantitative estimate of drug-likeness (QED) is 0.744. The van der Waals surface area contributed by atoms with E-state index in [9.17, 15) is 9.59 Å². The molecule has 2 aromatic carbocycles. The zero-order valence-corrected chi connectivity index (χ0v) is 17.3. The molecule has 0 radical (unpaired) electrons. The Labute approximate surface area is 169 Å². The van der Waals surface area contributed by atoms with E-state index in [2.05, 4.69) is 10.6 Å². The third kappa shape index (κ3) is 6.24. The van der Waals surface area contributed by atoms with Crippen molar-refractivity contribution in [3.63, 3.8) is 0 Å². The molecule has 2 N–H and O–H groups in total. The highest BCUT2D eigenvalue weighted by Crippen LogP contribution is 2.25. The Morgan fingerprint density at radius 2 is 1.48 bits per heavy atom. The van der Waals surface area contributed by atoms with Crippen LogP contribution in [0, 0.1) is 20.8 Å². The molecule has 0 aromatic heterocycles. The van der Waals surface area contributed by atoms with E-state index >= 15 is 0 Å². The minimum atomic E-state index is -0.280. The average Bonchev–Trinajstić information content (AvgIpc) is 2.54. The Kier molecular flexibility index (Phi) is 7.25. The first-order valence-electron chi connectivity index (χ1n) is 8.47. The molecule has 0 bridgehead atoms. The van der Waals surface area contributed by atoms with Gasteiger partial charge in [-0.05, 0) is 57.1 Å². The summed E-state index contributed by atoms with van der Waals surface area (Å²) < 4.78 is 0. The van der Waals surface area contributed by atoms with Crippen molar-refractivity contribution in [2.24, 2.45) is 0 Å². The van der Waals surface area contributed by atoms with Gasteiger partial charge in [0, 0.05) is 10.7 Å². The van der Waals surface area contributed by atoms with Crippen LogP contribution in [0.4, 0.5) is 11.4 Å². The lowest BCUT2D eigenvalue weighted by Crippen LogP contribution is -2.36. The van der Waals surface area contributed by atoms with Gasteiger partial charge in [-0.2, -0.15) is 0 Å². The molecule has 144 valence electrons. The lowest BCUT2D eigenvalue weighted by Gasteiger charge is -2.18. The number of benzene rings is 2. The van der Waals surface area contributed by atoms with Gasteiger partial charge < -0.3 is 10.6 Å². The number of likely N-dealkylation sites (N-methyl/N-ethyl adjacent to an activating group) is 1. The number of aryl methyl sites for hydroxylation is 3. The number of nitrogens with one attached hydrogen (secondary N) is 2. The van der Waals surface area contributed by atoms with Gasteiger partial charge in [0.2, 0.25) is 11.8 Å². The maximum absolute atomic E-state index is 12.3. The van der Waals surface area contributed by atoms with E-state index in [1.807, 2.05) is 32.9 Å². The Balaban J connectivity index is 1.91. The maximum Gasteiger partial charge on any atom is 0.238 e. The first-order valence-corrected chi connectivity index (χ1v) is 9.22. The number of nitrogens with zero attached hydrogens (tertiary/aromatic N) is 1. The summed E-state index contributed by atoms with van der Waals surface area (Å²) in [6.07, 6.45) is 0. The molecule has 0 heterocycles. The maximum atomic E-state index is 12.3. The van der Waals surface area contributed by atoms with Crippen molar-refractivity contribution < 1.29 is 9.59 Å². The summed E-state index contributed by atoms with van der Waals surface area (Å²) in [5.41, 5.74) is 4.43. The monoisotopic (exact) mass is 407 g/mol. The number of amides is 2. The zero-order valence-electron chi connectivity index (χ0n) is 15.8. The second-order valence-corrected chi connectivity index (χ2v) is 7.51. The van der Waals surface area contributed by atoms with Gasteiger partial charge >= 0.3 is 0 Å². The van der Waals surface area contributed by atoms with Crippen molar-refractivity contribution >= 4 is 46.4 Å². The molecule has 0 saturated carbocycles. The molecule has 0 atom stereocenters. The lowest BCUT2D eigenvalue weighted by molar-refractivity contribution is -0.119. The van der Waals surface area contributed by atoms with Crippen LogP contribution in [-0.4, -0.2) is 36.9 Å². The van der Waals surface area contributed by atoms with E-state index in [0.29, 0.717) is 15.7 Å². The predicted molar refractivity (Wildman–Crippen MR) is 112 cm³/mol. The summed E-state index contributed by atoms with van der Waals surface area (Å²) in [7, 11) is 1.70. The number of carbonyl (C=O) groups is 2. The van der Waals surface area contributed by atoms with Crippen molar-refractivity contribution in [2.45, 2.75) is 20.8 Å². The standard InChI is InChI=1S/C20H23Cl2N3O2/c1-12-7-13(2)20(14(3)8-12)24-19(27)11-25(4)10-18(26)23-17-9-15(21)5-6-16(17)22/h5-9H,10-11H2,1-4H3,(H,23,26)(H,24,27). The Hall–Kier alpha value is -2.08. The van der Waals surface area contributed by atoms with Crippen molar-refractivity contribution in [3.05, 3.63) is 57.1 Å². The molecule has 2 amide bonds. The van der Waals surface area contributed by atoms with E-state index in [1.54, 1.807) is 30.1 Å². The van der Waals surface area contributed by atoms with Gasteiger partial charge in [-0.25, -0.2) is 0 Å². The molecular weight excluding hydrogens is 385 g/mol. The molecule has 0 aliphatic heterocycles. The van der Waals surface area contributed by atoms with Gasteiger partial charge in [-0.15, -0.1) is 0 Å². The van der Waals surface area contributed by atoms with Crippen molar-refractivity contribution in [1.29, 1.82) is 0 Å². The lowest BCUT2D eigenvalue weighted by atomic mass is 10.1. The SMILES string of the molecule is Cc1cc(C)c(NC(=O)CN(C)CC(=O)Nc2cc(Cl)ccc2Cl)c(C)c1. The summed E-state index contributed by atoms with van der Waals surface area (Å²) in [6, 6.07) is 8.88. The topological polar surface area (TPSA) is 61.4 Å². The fourth-order valence-electron chi connectivity index (χ4n) is 2.89. The van der Waals surface area contributed by atoms with Crippen molar-refractivity contribution in [2.75, 3.05) is 30.8 Å². The van der Waals surface area contributed by atoms with Crippen LogP contribution in [0.25, 0.3) is 0 Å². The second-order valence-electron chi connectivity index (χ2n) is 6.67. The van der Waals surface area contributed by atoms with Crippen LogP contribution >= 0.6 is 23.2 Å². The van der Waals surface area contributed by atoms with Crippen LogP contribution in [-0.2, 0) is 9.59 Å². The summed E-state index contributed by atoms with van der Waals surface area (Å²) in [5.74, 6) is -0.460. The molecule has 2 rings (SSSR count). The highest BCUT2D eigenvalue weighted by Gasteiger charge is 2.14. The largest absolute Gasteiger partial charge is 0.324 e. The normalized spacial score (nSPS) is 10.8. The van der Waals surface area contributed by atoms with Crippen LogP contribution in [0.3, 0.4) is 0 Å². The number of hydrogen-bond acceptors (Lipinski definition) is 3. The van der Waals surface area contributed by atoms with E-state index in [4.69, 9.17) is 23.2 Å². The smallest absolute Gasteiger partial charge is 0.238 e. The fourth-order valence-corrected chi connectivity index (χ4v) is 3.22. The van der Waals surface area contributed by atoms with Gasteiger partial charge in [0.25, 0.3) is 0 Å².